The molecule has 0 aliphatic heterocycles. The molecule has 24 heavy (non-hydrogen) atoms. The van der Waals surface area contributed by atoms with Gasteiger partial charge >= 0.3 is 5.97 Å². The number of hydrogen-bond acceptors (Lipinski definition) is 5. The number of nitrogens with zero attached hydrogens (tertiary/aromatic N) is 2. The van der Waals surface area contributed by atoms with Crippen molar-refractivity contribution >= 4 is 11.9 Å². The number of carboxylic acid groups (broad SMARTS) is 1. The van der Waals surface area contributed by atoms with Crippen molar-refractivity contribution in [2.45, 2.75) is 25.8 Å². The first kappa shape index (κ1) is 17.4. The fraction of sp³-hybridized carbons (Fsp3) is 0.294. The van der Waals surface area contributed by atoms with Crippen LogP contribution in [-0.2, 0) is 10.3 Å². The van der Waals surface area contributed by atoms with Crippen molar-refractivity contribution in [1.82, 2.24) is 15.3 Å². The number of nitrogens with one attached hydrogen (secondary N) is 1. The molecule has 2 rings (SSSR count). The summed E-state index contributed by atoms with van der Waals surface area (Å²) in [5.74, 6) is -0.876. The van der Waals surface area contributed by atoms with Gasteiger partial charge in [-0.1, -0.05) is 12.1 Å². The van der Waals surface area contributed by atoms with Gasteiger partial charge in [0, 0.05) is 6.20 Å². The number of methoxy groups -OCH3 is 1. The summed E-state index contributed by atoms with van der Waals surface area (Å²) in [6.07, 6.45) is 2.48. The summed E-state index contributed by atoms with van der Waals surface area (Å²) in [4.78, 5) is 31.7. The molecule has 0 aliphatic rings. The Hall–Kier alpha value is -2.96. The lowest BCUT2D eigenvalue weighted by molar-refractivity contribution is -0.138. The highest BCUT2D eigenvalue weighted by Crippen LogP contribution is 2.28. The van der Waals surface area contributed by atoms with Gasteiger partial charge in [-0.3, -0.25) is 9.59 Å². The van der Waals surface area contributed by atoms with Gasteiger partial charge in [0.1, 0.15) is 12.1 Å². The SMILES string of the molecule is COc1cccc(C(C)(CC(=O)O)NC(=O)c2cncnc2C)c1. The summed E-state index contributed by atoms with van der Waals surface area (Å²) in [5.41, 5.74) is 0.342. The molecule has 7 heteroatoms. The van der Waals surface area contributed by atoms with Crippen LogP contribution in [0.25, 0.3) is 0 Å². The summed E-state index contributed by atoms with van der Waals surface area (Å²) >= 11 is 0. The number of carboxylic acids is 1. The van der Waals surface area contributed by atoms with Gasteiger partial charge in [0.15, 0.2) is 0 Å². The zero-order valence-corrected chi connectivity index (χ0v) is 13.7. The van der Waals surface area contributed by atoms with Crippen LogP contribution in [0.5, 0.6) is 5.75 Å². The van der Waals surface area contributed by atoms with E-state index in [1.54, 1.807) is 38.1 Å². The van der Waals surface area contributed by atoms with Crippen molar-refractivity contribution in [3.05, 3.63) is 53.6 Å². The second-order valence-electron chi connectivity index (χ2n) is 5.61. The molecule has 126 valence electrons. The van der Waals surface area contributed by atoms with Crippen molar-refractivity contribution in [2.75, 3.05) is 7.11 Å². The molecule has 2 N–H and O–H groups in total. The summed E-state index contributed by atoms with van der Waals surface area (Å²) in [7, 11) is 1.52. The molecule has 0 radical (unpaired) electrons. The number of aromatic nitrogens is 2. The molecule has 0 saturated carbocycles. The number of ether oxygens (including phenoxy) is 1. The van der Waals surface area contributed by atoms with E-state index in [-0.39, 0.29) is 6.42 Å². The van der Waals surface area contributed by atoms with Crippen molar-refractivity contribution in [1.29, 1.82) is 0 Å². The van der Waals surface area contributed by atoms with E-state index in [4.69, 9.17) is 4.74 Å². The molecule has 1 amide bonds. The number of carbonyl (C=O) groups is 2. The Kier molecular flexibility index (Phi) is 5.13. The van der Waals surface area contributed by atoms with Crippen LogP contribution in [0.15, 0.2) is 36.8 Å². The standard InChI is InChI=1S/C17H19N3O4/c1-11-14(9-18-10-19-11)16(23)20-17(2,8-15(21)22)12-5-4-6-13(7-12)24-3/h4-7,9-10H,8H2,1-3H3,(H,20,23)(H,21,22). The predicted octanol–water partition coefficient (Wildman–Crippen LogP) is 1.91. The Labute approximate surface area is 139 Å². The quantitative estimate of drug-likeness (QED) is 0.839. The van der Waals surface area contributed by atoms with Gasteiger partial charge in [0.25, 0.3) is 5.91 Å². The molecule has 1 aromatic heterocycles. The molecule has 0 fully saturated rings. The lowest BCUT2D eigenvalue weighted by Crippen LogP contribution is -2.45. The van der Waals surface area contributed by atoms with Crippen LogP contribution in [0.3, 0.4) is 0 Å². The van der Waals surface area contributed by atoms with Crippen molar-refractivity contribution in [2.24, 2.45) is 0 Å². The van der Waals surface area contributed by atoms with Gasteiger partial charge < -0.3 is 15.2 Å². The Morgan fingerprint density at radius 3 is 2.75 bits per heavy atom. The third-order valence-corrected chi connectivity index (χ3v) is 3.76. The topological polar surface area (TPSA) is 101 Å². The highest BCUT2D eigenvalue weighted by molar-refractivity contribution is 5.95. The van der Waals surface area contributed by atoms with Crippen molar-refractivity contribution in [3.63, 3.8) is 0 Å². The average Bonchev–Trinajstić information content (AvgIpc) is 2.54. The normalized spacial score (nSPS) is 13.0. The second kappa shape index (κ2) is 7.08. The number of hydrogen-bond donors (Lipinski definition) is 2. The lowest BCUT2D eigenvalue weighted by atomic mass is 9.88. The van der Waals surface area contributed by atoms with Gasteiger partial charge in [-0.2, -0.15) is 0 Å². The molecule has 1 atom stereocenters. The number of aliphatic carboxylic acids is 1. The summed E-state index contributed by atoms with van der Waals surface area (Å²) in [5, 5.41) is 12.1. The maximum atomic E-state index is 12.6. The molecule has 1 aromatic carbocycles. The predicted molar refractivity (Wildman–Crippen MR) is 86.8 cm³/mol. The monoisotopic (exact) mass is 329 g/mol. The molecule has 2 aromatic rings. The molecule has 0 saturated heterocycles. The smallest absolute Gasteiger partial charge is 0.306 e. The average molecular weight is 329 g/mol. The molecule has 7 nitrogen and oxygen atoms in total. The van der Waals surface area contributed by atoms with E-state index in [0.29, 0.717) is 22.6 Å². The van der Waals surface area contributed by atoms with Crippen LogP contribution in [-0.4, -0.2) is 34.1 Å². The maximum Gasteiger partial charge on any atom is 0.306 e. The zero-order valence-electron chi connectivity index (χ0n) is 13.7. The number of amides is 1. The fourth-order valence-electron chi connectivity index (χ4n) is 2.42. The van der Waals surface area contributed by atoms with Crippen LogP contribution < -0.4 is 10.1 Å². The van der Waals surface area contributed by atoms with Gasteiger partial charge in [-0.05, 0) is 31.5 Å². The van der Waals surface area contributed by atoms with E-state index >= 15 is 0 Å². The lowest BCUT2D eigenvalue weighted by Gasteiger charge is -2.30. The minimum Gasteiger partial charge on any atom is -0.497 e. The first-order chi connectivity index (χ1) is 11.4. The molecule has 1 heterocycles. The number of rotatable bonds is 6. The minimum absolute atomic E-state index is 0.279. The second-order valence-corrected chi connectivity index (χ2v) is 5.61. The van der Waals surface area contributed by atoms with Crippen LogP contribution in [0, 0.1) is 6.92 Å². The zero-order chi connectivity index (χ0) is 17.7. The minimum atomic E-state index is -1.11. The van der Waals surface area contributed by atoms with E-state index < -0.39 is 17.4 Å². The third kappa shape index (κ3) is 3.87. The first-order valence-corrected chi connectivity index (χ1v) is 7.31. The van der Waals surface area contributed by atoms with E-state index in [1.807, 2.05) is 0 Å². The number of benzene rings is 1. The van der Waals surface area contributed by atoms with Crippen molar-refractivity contribution in [3.8, 4) is 5.75 Å². The van der Waals surface area contributed by atoms with E-state index in [9.17, 15) is 14.7 Å². The van der Waals surface area contributed by atoms with E-state index in [0.717, 1.165) is 0 Å². The Bertz CT molecular complexity index is 763. The highest BCUT2D eigenvalue weighted by atomic mass is 16.5. The molecular formula is C17H19N3O4. The first-order valence-electron chi connectivity index (χ1n) is 7.31. The molecule has 0 bridgehead atoms. The van der Waals surface area contributed by atoms with E-state index in [1.165, 1.54) is 19.6 Å². The molecule has 0 spiro atoms. The molecule has 1 unspecified atom stereocenters. The Morgan fingerprint density at radius 2 is 2.12 bits per heavy atom. The van der Waals surface area contributed by atoms with Crippen LogP contribution in [0.4, 0.5) is 0 Å². The van der Waals surface area contributed by atoms with Crippen LogP contribution >= 0.6 is 0 Å². The Morgan fingerprint density at radius 1 is 1.38 bits per heavy atom. The number of carbonyl (C=O) groups excluding carboxylic acids is 1. The van der Waals surface area contributed by atoms with Crippen LogP contribution in [0.2, 0.25) is 0 Å². The van der Waals surface area contributed by atoms with Crippen LogP contribution in [0.1, 0.15) is 35.0 Å². The van der Waals surface area contributed by atoms with Crippen molar-refractivity contribution < 1.29 is 19.4 Å². The Balaban J connectivity index is 2.39. The fourth-order valence-corrected chi connectivity index (χ4v) is 2.42. The van der Waals surface area contributed by atoms with E-state index in [2.05, 4.69) is 15.3 Å². The molecular weight excluding hydrogens is 310 g/mol. The summed E-state index contributed by atoms with van der Waals surface area (Å²) < 4.78 is 5.18. The highest BCUT2D eigenvalue weighted by Gasteiger charge is 2.32. The van der Waals surface area contributed by atoms with Gasteiger partial charge in [-0.25, -0.2) is 9.97 Å². The molecule has 0 aliphatic carbocycles. The van der Waals surface area contributed by atoms with Gasteiger partial charge in [0.05, 0.1) is 30.3 Å². The maximum absolute atomic E-state index is 12.6. The summed E-state index contributed by atoms with van der Waals surface area (Å²) in [6.45, 7) is 3.35. The third-order valence-electron chi connectivity index (χ3n) is 3.76. The van der Waals surface area contributed by atoms with Gasteiger partial charge in [0.2, 0.25) is 0 Å². The largest absolute Gasteiger partial charge is 0.497 e. The summed E-state index contributed by atoms with van der Waals surface area (Å²) in [6, 6.07) is 6.96. The van der Waals surface area contributed by atoms with Gasteiger partial charge in [-0.15, -0.1) is 0 Å². The number of aryl methyl sites for hydroxylation is 1.